The molecule has 0 saturated heterocycles. The molecule has 0 saturated carbocycles. The highest BCUT2D eigenvalue weighted by Gasteiger charge is 2.22. The van der Waals surface area contributed by atoms with Crippen LogP contribution in [0.25, 0.3) is 0 Å². The van der Waals surface area contributed by atoms with Crippen molar-refractivity contribution >= 4 is 40.1 Å². The smallest absolute Gasteiger partial charge is 0.192 e. The summed E-state index contributed by atoms with van der Waals surface area (Å²) >= 11 is 7.24. The molecule has 1 aliphatic rings. The van der Waals surface area contributed by atoms with Crippen molar-refractivity contribution in [3.05, 3.63) is 45.6 Å². The third-order valence-corrected chi connectivity index (χ3v) is 4.79. The molecule has 0 N–H and O–H groups in total. The first kappa shape index (κ1) is 13.5. The van der Waals surface area contributed by atoms with Crippen molar-refractivity contribution in [2.75, 3.05) is 36.5 Å². The number of para-hydroxylation sites is 2. The maximum absolute atomic E-state index is 12.3. The number of carbonyl (C=O) groups excluding carboxylic acids is 1. The van der Waals surface area contributed by atoms with Gasteiger partial charge in [0, 0.05) is 20.1 Å². The van der Waals surface area contributed by atoms with E-state index in [0.717, 1.165) is 23.7 Å². The SMILES string of the molecule is CN1CCN(CC(=O)c2ccc(Cl)s2)c2ccccc21. The van der Waals surface area contributed by atoms with Crippen molar-refractivity contribution in [1.29, 1.82) is 0 Å². The van der Waals surface area contributed by atoms with E-state index in [9.17, 15) is 4.79 Å². The molecule has 3 rings (SSSR count). The summed E-state index contributed by atoms with van der Waals surface area (Å²) in [6.45, 7) is 2.19. The number of carbonyl (C=O) groups is 1. The van der Waals surface area contributed by atoms with E-state index in [1.165, 1.54) is 17.0 Å². The molecule has 0 radical (unpaired) electrons. The minimum atomic E-state index is 0.126. The van der Waals surface area contributed by atoms with Crippen molar-refractivity contribution in [2.45, 2.75) is 0 Å². The molecule has 0 amide bonds. The average Bonchev–Trinajstić information content (AvgIpc) is 2.89. The first-order valence-corrected chi connectivity index (χ1v) is 7.68. The highest BCUT2D eigenvalue weighted by molar-refractivity contribution is 7.18. The zero-order chi connectivity index (χ0) is 14.1. The van der Waals surface area contributed by atoms with E-state index < -0.39 is 0 Å². The van der Waals surface area contributed by atoms with Gasteiger partial charge in [0.25, 0.3) is 0 Å². The number of anilines is 2. The van der Waals surface area contributed by atoms with Crippen LogP contribution in [0.1, 0.15) is 9.67 Å². The summed E-state index contributed by atoms with van der Waals surface area (Å²) in [5.74, 6) is 0.126. The van der Waals surface area contributed by atoms with E-state index in [1.54, 1.807) is 12.1 Å². The molecule has 2 heterocycles. The highest BCUT2D eigenvalue weighted by atomic mass is 35.5. The molecule has 0 spiro atoms. The second-order valence-electron chi connectivity index (χ2n) is 4.86. The van der Waals surface area contributed by atoms with Crippen LogP contribution in [0.3, 0.4) is 0 Å². The maximum atomic E-state index is 12.3. The Morgan fingerprint density at radius 1 is 1.20 bits per heavy atom. The summed E-state index contributed by atoms with van der Waals surface area (Å²) in [5.41, 5.74) is 2.30. The van der Waals surface area contributed by atoms with E-state index in [2.05, 4.69) is 29.0 Å². The van der Waals surface area contributed by atoms with Gasteiger partial charge in [0.1, 0.15) is 0 Å². The molecule has 1 aliphatic heterocycles. The van der Waals surface area contributed by atoms with Crippen molar-refractivity contribution in [2.24, 2.45) is 0 Å². The van der Waals surface area contributed by atoms with Crippen LogP contribution in [0.5, 0.6) is 0 Å². The first-order chi connectivity index (χ1) is 9.65. The van der Waals surface area contributed by atoms with Crippen LogP contribution in [-0.4, -0.2) is 32.5 Å². The number of halogens is 1. The van der Waals surface area contributed by atoms with E-state index in [0.29, 0.717) is 10.9 Å². The Labute approximate surface area is 127 Å². The fourth-order valence-electron chi connectivity index (χ4n) is 2.45. The van der Waals surface area contributed by atoms with Gasteiger partial charge in [-0.1, -0.05) is 23.7 Å². The fourth-order valence-corrected chi connectivity index (χ4v) is 3.42. The lowest BCUT2D eigenvalue weighted by molar-refractivity contribution is 0.100. The summed E-state index contributed by atoms with van der Waals surface area (Å²) in [5, 5.41) is 0. The Kier molecular flexibility index (Phi) is 3.68. The molecule has 5 heteroatoms. The van der Waals surface area contributed by atoms with Gasteiger partial charge < -0.3 is 9.80 Å². The van der Waals surface area contributed by atoms with Gasteiger partial charge in [-0.15, -0.1) is 11.3 Å². The summed E-state index contributed by atoms with van der Waals surface area (Å²) in [4.78, 5) is 17.4. The van der Waals surface area contributed by atoms with Crippen LogP contribution in [0.2, 0.25) is 4.34 Å². The summed E-state index contributed by atoms with van der Waals surface area (Å²) in [6, 6.07) is 11.8. The number of benzene rings is 1. The molecule has 0 fully saturated rings. The zero-order valence-corrected chi connectivity index (χ0v) is 12.7. The van der Waals surface area contributed by atoms with Crippen molar-refractivity contribution in [3.8, 4) is 0 Å². The van der Waals surface area contributed by atoms with Gasteiger partial charge in [0.15, 0.2) is 5.78 Å². The zero-order valence-electron chi connectivity index (χ0n) is 11.2. The predicted octanol–water partition coefficient (Wildman–Crippen LogP) is 3.54. The molecule has 0 unspecified atom stereocenters. The van der Waals surface area contributed by atoms with Crippen molar-refractivity contribution < 1.29 is 4.79 Å². The van der Waals surface area contributed by atoms with E-state index in [1.807, 2.05) is 12.1 Å². The number of hydrogen-bond donors (Lipinski definition) is 0. The van der Waals surface area contributed by atoms with Gasteiger partial charge in [-0.2, -0.15) is 0 Å². The van der Waals surface area contributed by atoms with E-state index in [-0.39, 0.29) is 5.78 Å². The standard InChI is InChI=1S/C15H15ClN2OS/c1-17-8-9-18(12-5-3-2-4-11(12)17)10-13(19)14-6-7-15(16)20-14/h2-7H,8-10H2,1H3. The molecular formula is C15H15ClN2OS. The minimum Gasteiger partial charge on any atom is -0.371 e. The third kappa shape index (κ3) is 2.53. The van der Waals surface area contributed by atoms with Gasteiger partial charge in [-0.25, -0.2) is 0 Å². The quantitative estimate of drug-likeness (QED) is 0.810. The number of likely N-dealkylation sites (N-methyl/N-ethyl adjacent to an activating group) is 1. The Hall–Kier alpha value is -1.52. The van der Waals surface area contributed by atoms with E-state index in [4.69, 9.17) is 11.6 Å². The van der Waals surface area contributed by atoms with Crippen LogP contribution in [0, 0.1) is 0 Å². The van der Waals surface area contributed by atoms with Gasteiger partial charge >= 0.3 is 0 Å². The molecular weight excluding hydrogens is 292 g/mol. The van der Waals surface area contributed by atoms with Crippen LogP contribution in [-0.2, 0) is 0 Å². The topological polar surface area (TPSA) is 23.6 Å². The summed E-state index contributed by atoms with van der Waals surface area (Å²) in [7, 11) is 2.08. The lowest BCUT2D eigenvalue weighted by Gasteiger charge is -2.36. The van der Waals surface area contributed by atoms with Gasteiger partial charge in [-0.3, -0.25) is 4.79 Å². The molecule has 2 aromatic rings. The second-order valence-corrected chi connectivity index (χ2v) is 6.57. The number of ketones is 1. The monoisotopic (exact) mass is 306 g/mol. The van der Waals surface area contributed by atoms with Gasteiger partial charge in [0.2, 0.25) is 0 Å². The van der Waals surface area contributed by atoms with Crippen LogP contribution >= 0.6 is 22.9 Å². The van der Waals surface area contributed by atoms with E-state index >= 15 is 0 Å². The molecule has 20 heavy (non-hydrogen) atoms. The first-order valence-electron chi connectivity index (χ1n) is 6.49. The maximum Gasteiger partial charge on any atom is 0.192 e. The molecule has 0 bridgehead atoms. The van der Waals surface area contributed by atoms with Crippen LogP contribution in [0.4, 0.5) is 11.4 Å². The number of Topliss-reactive ketones (excluding diaryl/α,β-unsaturated/α-hetero) is 1. The molecule has 3 nitrogen and oxygen atoms in total. The summed E-state index contributed by atoms with van der Waals surface area (Å²) < 4.78 is 0.659. The van der Waals surface area contributed by atoms with Crippen LogP contribution in [0.15, 0.2) is 36.4 Å². The molecule has 104 valence electrons. The fraction of sp³-hybridized carbons (Fsp3) is 0.267. The predicted molar refractivity (Wildman–Crippen MR) is 85.6 cm³/mol. The average molecular weight is 307 g/mol. The Morgan fingerprint density at radius 2 is 1.95 bits per heavy atom. The third-order valence-electron chi connectivity index (χ3n) is 3.52. The molecule has 0 aliphatic carbocycles. The van der Waals surface area contributed by atoms with Gasteiger partial charge in [-0.05, 0) is 24.3 Å². The van der Waals surface area contributed by atoms with Crippen molar-refractivity contribution in [3.63, 3.8) is 0 Å². The normalized spacial score (nSPS) is 14.3. The molecule has 1 aromatic heterocycles. The minimum absolute atomic E-state index is 0.126. The number of thiophene rings is 1. The Bertz CT molecular complexity index is 640. The summed E-state index contributed by atoms with van der Waals surface area (Å²) in [6.07, 6.45) is 0. The Morgan fingerprint density at radius 3 is 2.65 bits per heavy atom. The number of nitrogens with zero attached hydrogens (tertiary/aromatic N) is 2. The van der Waals surface area contributed by atoms with Gasteiger partial charge in [0.05, 0.1) is 27.1 Å². The highest BCUT2D eigenvalue weighted by Crippen LogP contribution is 2.32. The molecule has 1 aromatic carbocycles. The molecule has 0 atom stereocenters. The lowest BCUT2D eigenvalue weighted by atomic mass is 10.1. The second kappa shape index (κ2) is 5.46. The number of fused-ring (bicyclic) bond motifs is 1. The lowest BCUT2D eigenvalue weighted by Crippen LogP contribution is -2.41. The van der Waals surface area contributed by atoms with Crippen LogP contribution < -0.4 is 9.80 Å². The number of rotatable bonds is 3. The Balaban J connectivity index is 1.82. The largest absolute Gasteiger partial charge is 0.371 e. The van der Waals surface area contributed by atoms with Crippen molar-refractivity contribution in [1.82, 2.24) is 0 Å². The number of hydrogen-bond acceptors (Lipinski definition) is 4.